The van der Waals surface area contributed by atoms with Crippen LogP contribution in [0, 0.1) is 0 Å². The molecule has 1 heterocycles. The standard InChI is InChI=1S/C16H13N3O3/c1-9(20)17-12-6-7-13-14(8-12)19-15(18-13)10-2-4-11(5-3-10)16(21)22/h2-8H,1H3,(H,17,20)(H,18,19)(H,21,22)/p-1. The Morgan fingerprint density at radius 3 is 2.50 bits per heavy atom. The Kier molecular flexibility index (Phi) is 3.34. The van der Waals surface area contributed by atoms with Crippen LogP contribution >= 0.6 is 0 Å². The number of benzene rings is 2. The van der Waals surface area contributed by atoms with Crippen molar-refractivity contribution in [3.8, 4) is 11.4 Å². The molecule has 0 bridgehead atoms. The van der Waals surface area contributed by atoms with E-state index in [2.05, 4.69) is 15.3 Å². The van der Waals surface area contributed by atoms with Crippen molar-refractivity contribution in [1.29, 1.82) is 0 Å². The van der Waals surface area contributed by atoms with Gasteiger partial charge in [-0.1, -0.05) is 24.3 Å². The molecular weight excluding hydrogens is 282 g/mol. The third kappa shape index (κ3) is 2.67. The highest BCUT2D eigenvalue weighted by atomic mass is 16.4. The van der Waals surface area contributed by atoms with Crippen molar-refractivity contribution in [2.45, 2.75) is 6.92 Å². The fourth-order valence-electron chi connectivity index (χ4n) is 2.19. The highest BCUT2D eigenvalue weighted by Gasteiger charge is 2.07. The second kappa shape index (κ2) is 5.33. The molecule has 0 saturated heterocycles. The highest BCUT2D eigenvalue weighted by molar-refractivity contribution is 5.92. The molecular formula is C16H12N3O3-. The molecule has 6 nitrogen and oxygen atoms in total. The van der Waals surface area contributed by atoms with Gasteiger partial charge in [-0.25, -0.2) is 4.98 Å². The molecule has 6 heteroatoms. The number of aromatic carboxylic acids is 1. The Morgan fingerprint density at radius 2 is 1.86 bits per heavy atom. The van der Waals surface area contributed by atoms with Crippen molar-refractivity contribution >= 4 is 28.6 Å². The van der Waals surface area contributed by atoms with Gasteiger partial charge >= 0.3 is 0 Å². The van der Waals surface area contributed by atoms with Gasteiger partial charge in [-0.2, -0.15) is 0 Å². The highest BCUT2D eigenvalue weighted by Crippen LogP contribution is 2.23. The number of aromatic amines is 1. The lowest BCUT2D eigenvalue weighted by atomic mass is 10.1. The number of nitrogens with one attached hydrogen (secondary N) is 2. The predicted molar refractivity (Wildman–Crippen MR) is 80.2 cm³/mol. The van der Waals surface area contributed by atoms with Gasteiger partial charge in [0.2, 0.25) is 5.91 Å². The second-order valence-corrected chi connectivity index (χ2v) is 4.86. The molecule has 0 radical (unpaired) electrons. The van der Waals surface area contributed by atoms with Gasteiger partial charge in [0.1, 0.15) is 5.82 Å². The van der Waals surface area contributed by atoms with Gasteiger partial charge in [0.05, 0.1) is 17.0 Å². The number of carboxylic acid groups (broad SMARTS) is 1. The van der Waals surface area contributed by atoms with E-state index in [1.165, 1.54) is 19.1 Å². The largest absolute Gasteiger partial charge is 0.545 e. The number of carboxylic acids is 1. The SMILES string of the molecule is CC(=O)Nc1ccc2nc(-c3ccc(C(=O)[O-])cc3)[nH]c2c1. The molecule has 2 N–H and O–H groups in total. The first-order valence-corrected chi connectivity index (χ1v) is 6.62. The average molecular weight is 294 g/mol. The van der Waals surface area contributed by atoms with Gasteiger partial charge in [-0.3, -0.25) is 4.79 Å². The zero-order chi connectivity index (χ0) is 15.7. The zero-order valence-electron chi connectivity index (χ0n) is 11.7. The van der Waals surface area contributed by atoms with E-state index in [1.54, 1.807) is 30.3 Å². The number of nitrogens with zero attached hydrogens (tertiary/aromatic N) is 1. The van der Waals surface area contributed by atoms with Crippen LogP contribution in [0.25, 0.3) is 22.4 Å². The number of H-pyrrole nitrogens is 1. The summed E-state index contributed by atoms with van der Waals surface area (Å²) in [6.45, 7) is 1.45. The third-order valence-corrected chi connectivity index (χ3v) is 3.20. The van der Waals surface area contributed by atoms with E-state index in [4.69, 9.17) is 0 Å². The first-order chi connectivity index (χ1) is 10.5. The summed E-state index contributed by atoms with van der Waals surface area (Å²) in [5.74, 6) is -0.729. The Labute approximate surface area is 125 Å². The summed E-state index contributed by atoms with van der Waals surface area (Å²) in [7, 11) is 0. The van der Waals surface area contributed by atoms with Crippen LogP contribution < -0.4 is 10.4 Å². The van der Waals surface area contributed by atoms with Crippen LogP contribution in [0.15, 0.2) is 42.5 Å². The van der Waals surface area contributed by atoms with Crippen molar-refractivity contribution < 1.29 is 14.7 Å². The fourth-order valence-corrected chi connectivity index (χ4v) is 2.19. The number of anilines is 1. The lowest BCUT2D eigenvalue weighted by Crippen LogP contribution is -2.21. The van der Waals surface area contributed by atoms with E-state index >= 15 is 0 Å². The maximum Gasteiger partial charge on any atom is 0.221 e. The second-order valence-electron chi connectivity index (χ2n) is 4.86. The minimum absolute atomic E-state index is 0.118. The molecule has 0 saturated carbocycles. The maximum absolute atomic E-state index is 11.1. The molecule has 0 spiro atoms. The van der Waals surface area contributed by atoms with Crippen molar-refractivity contribution in [3.05, 3.63) is 48.0 Å². The van der Waals surface area contributed by atoms with Crippen molar-refractivity contribution in [3.63, 3.8) is 0 Å². The summed E-state index contributed by atoms with van der Waals surface area (Å²) in [6, 6.07) is 11.6. The van der Waals surface area contributed by atoms with Gasteiger partial charge in [0.15, 0.2) is 0 Å². The zero-order valence-corrected chi connectivity index (χ0v) is 11.7. The smallest absolute Gasteiger partial charge is 0.221 e. The molecule has 22 heavy (non-hydrogen) atoms. The molecule has 0 unspecified atom stereocenters. The van der Waals surface area contributed by atoms with Crippen molar-refractivity contribution in [2.75, 3.05) is 5.32 Å². The Balaban J connectivity index is 1.97. The van der Waals surface area contributed by atoms with E-state index < -0.39 is 5.97 Å². The van der Waals surface area contributed by atoms with Gasteiger partial charge in [-0.15, -0.1) is 0 Å². The maximum atomic E-state index is 11.1. The lowest BCUT2D eigenvalue weighted by molar-refractivity contribution is -0.255. The van der Waals surface area contributed by atoms with Gasteiger partial charge in [-0.05, 0) is 23.8 Å². The van der Waals surface area contributed by atoms with Crippen LogP contribution in [0.3, 0.4) is 0 Å². The van der Waals surface area contributed by atoms with E-state index in [-0.39, 0.29) is 11.5 Å². The van der Waals surface area contributed by atoms with E-state index in [0.29, 0.717) is 11.5 Å². The lowest BCUT2D eigenvalue weighted by Gasteiger charge is -2.02. The Hall–Kier alpha value is -3.15. The molecule has 1 aromatic heterocycles. The van der Waals surface area contributed by atoms with Crippen molar-refractivity contribution in [1.82, 2.24) is 9.97 Å². The molecule has 0 aliphatic carbocycles. The molecule has 2 aromatic carbocycles. The first kappa shape index (κ1) is 13.8. The molecule has 0 atom stereocenters. The Bertz CT molecular complexity index is 866. The topological polar surface area (TPSA) is 97.9 Å². The normalized spacial score (nSPS) is 10.6. The first-order valence-electron chi connectivity index (χ1n) is 6.62. The number of aromatic nitrogens is 2. The minimum Gasteiger partial charge on any atom is -0.545 e. The number of rotatable bonds is 3. The third-order valence-electron chi connectivity index (χ3n) is 3.20. The molecule has 0 aliphatic rings. The number of amides is 1. The molecule has 0 fully saturated rings. The van der Waals surface area contributed by atoms with E-state index in [1.807, 2.05) is 0 Å². The molecule has 0 aliphatic heterocycles. The molecule has 1 amide bonds. The quantitative estimate of drug-likeness (QED) is 0.765. The summed E-state index contributed by atoms with van der Waals surface area (Å²) in [6.07, 6.45) is 0. The summed E-state index contributed by atoms with van der Waals surface area (Å²) in [4.78, 5) is 29.4. The molecule has 3 rings (SSSR count). The van der Waals surface area contributed by atoms with Crippen LogP contribution in [-0.4, -0.2) is 21.8 Å². The number of carbonyl (C=O) groups excluding carboxylic acids is 2. The molecule has 110 valence electrons. The van der Waals surface area contributed by atoms with Crippen LogP contribution in [0.2, 0.25) is 0 Å². The van der Waals surface area contributed by atoms with Crippen LogP contribution in [0.1, 0.15) is 17.3 Å². The summed E-state index contributed by atoms with van der Waals surface area (Å²) in [5.41, 5.74) is 3.11. The fraction of sp³-hybridized carbons (Fsp3) is 0.0625. The number of fused-ring (bicyclic) bond motifs is 1. The number of hydrogen-bond acceptors (Lipinski definition) is 4. The Morgan fingerprint density at radius 1 is 1.14 bits per heavy atom. The van der Waals surface area contributed by atoms with Gasteiger partial charge in [0, 0.05) is 18.2 Å². The van der Waals surface area contributed by atoms with Crippen LogP contribution in [0.4, 0.5) is 5.69 Å². The van der Waals surface area contributed by atoms with E-state index in [0.717, 1.165) is 16.6 Å². The predicted octanol–water partition coefficient (Wildman–Crippen LogP) is 1.55. The average Bonchev–Trinajstić information content (AvgIpc) is 2.90. The van der Waals surface area contributed by atoms with E-state index in [9.17, 15) is 14.7 Å². The summed E-state index contributed by atoms with van der Waals surface area (Å²) < 4.78 is 0. The van der Waals surface area contributed by atoms with Crippen LogP contribution in [0.5, 0.6) is 0 Å². The minimum atomic E-state index is -1.21. The van der Waals surface area contributed by atoms with Crippen molar-refractivity contribution in [2.24, 2.45) is 0 Å². The summed E-state index contributed by atoms with van der Waals surface area (Å²) in [5, 5.41) is 13.5. The summed E-state index contributed by atoms with van der Waals surface area (Å²) >= 11 is 0. The van der Waals surface area contributed by atoms with Crippen LogP contribution in [-0.2, 0) is 4.79 Å². The van der Waals surface area contributed by atoms with Gasteiger partial charge in [0.25, 0.3) is 0 Å². The number of carbonyl (C=O) groups is 2. The monoisotopic (exact) mass is 294 g/mol. The number of hydrogen-bond donors (Lipinski definition) is 2. The van der Waals surface area contributed by atoms with Gasteiger partial charge < -0.3 is 20.2 Å². The number of imidazole rings is 1. The molecule has 3 aromatic rings.